The van der Waals surface area contributed by atoms with Gasteiger partial charge in [-0.25, -0.2) is 4.79 Å². The first kappa shape index (κ1) is 10.1. The van der Waals surface area contributed by atoms with E-state index in [2.05, 4.69) is 6.92 Å². The van der Waals surface area contributed by atoms with Gasteiger partial charge in [-0.15, -0.1) is 0 Å². The van der Waals surface area contributed by atoms with Crippen LogP contribution >= 0.6 is 0 Å². The van der Waals surface area contributed by atoms with Crippen LogP contribution in [0.25, 0.3) is 0 Å². The van der Waals surface area contributed by atoms with Crippen molar-refractivity contribution < 1.29 is 0 Å². The van der Waals surface area contributed by atoms with E-state index < -0.39 is 0 Å². The third-order valence-corrected chi connectivity index (χ3v) is 2.27. The van der Waals surface area contributed by atoms with Crippen molar-refractivity contribution >= 4 is 0 Å². The highest BCUT2D eigenvalue weighted by Gasteiger charge is 1.97. The summed E-state index contributed by atoms with van der Waals surface area (Å²) < 4.78 is 3.38. The molecule has 13 heavy (non-hydrogen) atoms. The van der Waals surface area contributed by atoms with Crippen LogP contribution in [0.3, 0.4) is 0 Å². The normalized spacial score (nSPS) is 10.6. The molecule has 0 aromatic carbocycles. The van der Waals surface area contributed by atoms with E-state index in [4.69, 9.17) is 0 Å². The summed E-state index contributed by atoms with van der Waals surface area (Å²) in [6.45, 7) is 3.05. The van der Waals surface area contributed by atoms with Gasteiger partial charge in [0.05, 0.1) is 0 Å². The van der Waals surface area contributed by atoms with Gasteiger partial charge in [0.2, 0.25) is 0 Å². The van der Waals surface area contributed by atoms with Crippen molar-refractivity contribution in [3.05, 3.63) is 22.9 Å². The van der Waals surface area contributed by atoms with Gasteiger partial charge < -0.3 is 4.57 Å². The summed E-state index contributed by atoms with van der Waals surface area (Å²) in [6.07, 6.45) is 8.50. The van der Waals surface area contributed by atoms with Crippen molar-refractivity contribution in [3.63, 3.8) is 0 Å². The number of aromatic nitrogens is 2. The first-order chi connectivity index (χ1) is 6.25. The Morgan fingerprint density at radius 2 is 2.00 bits per heavy atom. The second kappa shape index (κ2) is 4.90. The second-order valence-electron chi connectivity index (χ2n) is 3.45. The fourth-order valence-electron chi connectivity index (χ4n) is 1.39. The highest BCUT2D eigenvalue weighted by molar-refractivity contribution is 4.79. The number of rotatable bonds is 5. The molecule has 0 amide bonds. The Bertz CT molecular complexity index is 298. The number of unbranched alkanes of at least 4 members (excludes halogenated alkanes) is 3. The van der Waals surface area contributed by atoms with Crippen LogP contribution in [0.5, 0.6) is 0 Å². The van der Waals surface area contributed by atoms with Crippen LogP contribution in [0, 0.1) is 0 Å². The molecule has 0 atom stereocenters. The van der Waals surface area contributed by atoms with Gasteiger partial charge in [-0.1, -0.05) is 26.2 Å². The van der Waals surface area contributed by atoms with Crippen LogP contribution in [-0.4, -0.2) is 9.13 Å². The lowest BCUT2D eigenvalue weighted by atomic mass is 10.2. The zero-order chi connectivity index (χ0) is 9.68. The van der Waals surface area contributed by atoms with Crippen molar-refractivity contribution in [2.45, 2.75) is 39.2 Å². The largest absolute Gasteiger partial charge is 0.327 e. The van der Waals surface area contributed by atoms with E-state index in [0.29, 0.717) is 0 Å². The number of hydrogen-bond acceptors (Lipinski definition) is 1. The molecule has 74 valence electrons. The molecular formula is C10H18N2O. The average Bonchev–Trinajstić information content (AvgIpc) is 2.43. The number of aryl methyl sites for hydroxylation is 2. The van der Waals surface area contributed by atoms with Gasteiger partial charge in [0.1, 0.15) is 0 Å². The molecule has 3 heteroatoms. The maximum Gasteiger partial charge on any atom is 0.327 e. The third-order valence-electron chi connectivity index (χ3n) is 2.27. The van der Waals surface area contributed by atoms with Crippen molar-refractivity contribution in [2.75, 3.05) is 0 Å². The highest BCUT2D eigenvalue weighted by atomic mass is 16.1. The van der Waals surface area contributed by atoms with Gasteiger partial charge in [-0.05, 0) is 6.42 Å². The standard InChI is InChI=1S/C10H18N2O/c1-3-4-5-6-7-12-9-8-11(2)10(12)13/h8-9H,3-7H2,1-2H3. The van der Waals surface area contributed by atoms with E-state index in [9.17, 15) is 4.79 Å². The molecule has 1 aromatic rings. The third kappa shape index (κ3) is 2.76. The predicted molar refractivity (Wildman–Crippen MR) is 53.8 cm³/mol. The zero-order valence-corrected chi connectivity index (χ0v) is 8.49. The summed E-state index contributed by atoms with van der Waals surface area (Å²) in [6, 6.07) is 0. The Morgan fingerprint density at radius 1 is 1.23 bits per heavy atom. The number of imidazole rings is 1. The summed E-state index contributed by atoms with van der Waals surface area (Å²) in [5, 5.41) is 0. The monoisotopic (exact) mass is 182 g/mol. The topological polar surface area (TPSA) is 26.9 Å². The minimum absolute atomic E-state index is 0.0940. The fraction of sp³-hybridized carbons (Fsp3) is 0.700. The minimum atomic E-state index is 0.0940. The van der Waals surface area contributed by atoms with Gasteiger partial charge in [-0.3, -0.25) is 4.57 Å². The summed E-state index contributed by atoms with van der Waals surface area (Å²) in [7, 11) is 1.78. The molecule has 0 spiro atoms. The molecule has 1 heterocycles. The molecule has 0 N–H and O–H groups in total. The van der Waals surface area contributed by atoms with E-state index in [1.165, 1.54) is 19.3 Å². The molecule has 0 radical (unpaired) electrons. The molecule has 0 fully saturated rings. The van der Waals surface area contributed by atoms with E-state index in [0.717, 1.165) is 13.0 Å². The molecule has 0 aliphatic carbocycles. The lowest BCUT2D eigenvalue weighted by Crippen LogP contribution is -2.21. The van der Waals surface area contributed by atoms with Crippen LogP contribution in [0.1, 0.15) is 32.6 Å². The molecule has 0 saturated heterocycles. The zero-order valence-electron chi connectivity index (χ0n) is 8.49. The highest BCUT2D eigenvalue weighted by Crippen LogP contribution is 2.00. The summed E-state index contributed by atoms with van der Waals surface area (Å²) in [5.41, 5.74) is 0.0940. The average molecular weight is 182 g/mol. The quantitative estimate of drug-likeness (QED) is 0.637. The Balaban J connectivity index is 2.37. The number of nitrogens with zero attached hydrogens (tertiary/aromatic N) is 2. The summed E-state index contributed by atoms with van der Waals surface area (Å²) >= 11 is 0. The molecular weight excluding hydrogens is 164 g/mol. The van der Waals surface area contributed by atoms with Gasteiger partial charge in [0.25, 0.3) is 0 Å². The smallest absolute Gasteiger partial charge is 0.302 e. The Hall–Kier alpha value is -0.990. The van der Waals surface area contributed by atoms with Crippen molar-refractivity contribution in [3.8, 4) is 0 Å². The summed E-state index contributed by atoms with van der Waals surface area (Å²) in [5.74, 6) is 0. The molecule has 1 aromatic heterocycles. The molecule has 3 nitrogen and oxygen atoms in total. The van der Waals surface area contributed by atoms with Crippen LogP contribution in [-0.2, 0) is 13.6 Å². The van der Waals surface area contributed by atoms with Crippen molar-refractivity contribution in [1.82, 2.24) is 9.13 Å². The van der Waals surface area contributed by atoms with Crippen LogP contribution in [0.4, 0.5) is 0 Å². The number of hydrogen-bond donors (Lipinski definition) is 0. The molecule has 0 aliphatic heterocycles. The van der Waals surface area contributed by atoms with Gasteiger partial charge in [-0.2, -0.15) is 0 Å². The Morgan fingerprint density at radius 3 is 2.54 bits per heavy atom. The first-order valence-corrected chi connectivity index (χ1v) is 4.97. The van der Waals surface area contributed by atoms with Crippen LogP contribution < -0.4 is 5.69 Å². The van der Waals surface area contributed by atoms with E-state index in [1.54, 1.807) is 16.2 Å². The van der Waals surface area contributed by atoms with E-state index in [1.807, 2.05) is 12.4 Å². The lowest BCUT2D eigenvalue weighted by Gasteiger charge is -1.99. The Kier molecular flexibility index (Phi) is 3.80. The predicted octanol–water partition coefficient (Wildman–Crippen LogP) is 1.77. The van der Waals surface area contributed by atoms with Crippen molar-refractivity contribution in [1.29, 1.82) is 0 Å². The fourth-order valence-corrected chi connectivity index (χ4v) is 1.39. The Labute approximate surface area is 79.0 Å². The van der Waals surface area contributed by atoms with Crippen LogP contribution in [0.2, 0.25) is 0 Å². The van der Waals surface area contributed by atoms with E-state index in [-0.39, 0.29) is 5.69 Å². The molecule has 0 aliphatic rings. The van der Waals surface area contributed by atoms with Gasteiger partial charge >= 0.3 is 5.69 Å². The minimum Gasteiger partial charge on any atom is -0.302 e. The van der Waals surface area contributed by atoms with Gasteiger partial charge in [0, 0.05) is 26.0 Å². The molecule has 0 unspecified atom stereocenters. The molecule has 0 bridgehead atoms. The van der Waals surface area contributed by atoms with Crippen LogP contribution in [0.15, 0.2) is 17.2 Å². The maximum atomic E-state index is 11.4. The lowest BCUT2D eigenvalue weighted by molar-refractivity contribution is 0.564. The molecule has 1 rings (SSSR count). The van der Waals surface area contributed by atoms with E-state index >= 15 is 0 Å². The second-order valence-corrected chi connectivity index (χ2v) is 3.45. The van der Waals surface area contributed by atoms with Crippen molar-refractivity contribution in [2.24, 2.45) is 7.05 Å². The SMILES string of the molecule is CCCCCCn1ccn(C)c1=O. The van der Waals surface area contributed by atoms with Gasteiger partial charge in [0.15, 0.2) is 0 Å². The summed E-state index contributed by atoms with van der Waals surface area (Å²) in [4.78, 5) is 11.4. The maximum absolute atomic E-state index is 11.4. The first-order valence-electron chi connectivity index (χ1n) is 4.97. The molecule has 0 saturated carbocycles.